The molecule has 76 valence electrons. The van der Waals surface area contributed by atoms with Gasteiger partial charge in [0.05, 0.1) is 5.69 Å². The van der Waals surface area contributed by atoms with Crippen molar-refractivity contribution >= 4 is 5.69 Å². The van der Waals surface area contributed by atoms with Crippen LogP contribution in [-0.4, -0.2) is 31.3 Å². The zero-order valence-corrected chi connectivity index (χ0v) is 8.45. The van der Waals surface area contributed by atoms with Crippen molar-refractivity contribution in [3.8, 4) is 5.75 Å². The SMILES string of the molecule is Cc1cccc(O)c1N1CCNCC1. The number of nitrogens with one attached hydrogen (secondary N) is 1. The fraction of sp³-hybridized carbons (Fsp3) is 0.455. The molecule has 0 bridgehead atoms. The summed E-state index contributed by atoms with van der Waals surface area (Å²) in [7, 11) is 0. The van der Waals surface area contributed by atoms with E-state index in [1.165, 1.54) is 0 Å². The number of hydrogen-bond donors (Lipinski definition) is 2. The van der Waals surface area contributed by atoms with Gasteiger partial charge in [0.15, 0.2) is 0 Å². The standard InChI is InChI=1S/C11H16N2O/c1-9-3-2-4-10(14)11(9)13-7-5-12-6-8-13/h2-4,12,14H,5-8H2,1H3. The molecule has 2 rings (SSSR count). The number of phenols is 1. The molecule has 0 atom stereocenters. The first-order valence-corrected chi connectivity index (χ1v) is 5.03. The Balaban J connectivity index is 2.29. The van der Waals surface area contributed by atoms with Crippen LogP contribution in [0.3, 0.4) is 0 Å². The molecular formula is C11H16N2O. The van der Waals surface area contributed by atoms with Gasteiger partial charge in [0, 0.05) is 26.2 Å². The average molecular weight is 192 g/mol. The topological polar surface area (TPSA) is 35.5 Å². The Bertz CT molecular complexity index is 299. The predicted octanol–water partition coefficient (Wildman–Crippen LogP) is 1.11. The average Bonchev–Trinajstić information content (AvgIpc) is 2.19. The molecule has 1 saturated heterocycles. The summed E-state index contributed by atoms with van der Waals surface area (Å²) < 4.78 is 0. The molecule has 1 aliphatic heterocycles. The molecule has 0 aromatic heterocycles. The molecule has 1 heterocycles. The molecular weight excluding hydrogens is 176 g/mol. The van der Waals surface area contributed by atoms with Gasteiger partial charge in [-0.1, -0.05) is 12.1 Å². The van der Waals surface area contributed by atoms with Crippen molar-refractivity contribution in [2.45, 2.75) is 6.92 Å². The second-order valence-corrected chi connectivity index (χ2v) is 3.68. The third-order valence-corrected chi connectivity index (χ3v) is 2.65. The summed E-state index contributed by atoms with van der Waals surface area (Å²) in [6, 6.07) is 5.68. The fourth-order valence-electron chi connectivity index (χ4n) is 1.94. The van der Waals surface area contributed by atoms with Gasteiger partial charge < -0.3 is 15.3 Å². The Hall–Kier alpha value is -1.22. The predicted molar refractivity (Wildman–Crippen MR) is 57.9 cm³/mol. The number of piperazine rings is 1. The molecule has 2 N–H and O–H groups in total. The van der Waals surface area contributed by atoms with Gasteiger partial charge in [-0.25, -0.2) is 0 Å². The van der Waals surface area contributed by atoms with Gasteiger partial charge in [-0.05, 0) is 18.6 Å². The molecule has 0 amide bonds. The Labute approximate surface area is 84.4 Å². The van der Waals surface area contributed by atoms with Crippen LogP contribution in [0, 0.1) is 6.92 Å². The van der Waals surface area contributed by atoms with Crippen LogP contribution >= 0.6 is 0 Å². The van der Waals surface area contributed by atoms with Crippen molar-refractivity contribution in [3.05, 3.63) is 23.8 Å². The zero-order valence-electron chi connectivity index (χ0n) is 8.45. The largest absolute Gasteiger partial charge is 0.506 e. The van der Waals surface area contributed by atoms with E-state index in [4.69, 9.17) is 0 Å². The van der Waals surface area contributed by atoms with Crippen molar-refractivity contribution in [2.75, 3.05) is 31.1 Å². The molecule has 0 radical (unpaired) electrons. The monoisotopic (exact) mass is 192 g/mol. The lowest BCUT2D eigenvalue weighted by Crippen LogP contribution is -2.43. The van der Waals surface area contributed by atoms with E-state index in [-0.39, 0.29) is 0 Å². The minimum atomic E-state index is 0.395. The number of para-hydroxylation sites is 1. The lowest BCUT2D eigenvalue weighted by atomic mass is 10.1. The van der Waals surface area contributed by atoms with E-state index < -0.39 is 0 Å². The minimum absolute atomic E-state index is 0.395. The number of rotatable bonds is 1. The van der Waals surface area contributed by atoms with E-state index in [0.717, 1.165) is 37.4 Å². The lowest BCUT2D eigenvalue weighted by Gasteiger charge is -2.31. The minimum Gasteiger partial charge on any atom is -0.506 e. The summed E-state index contributed by atoms with van der Waals surface area (Å²) >= 11 is 0. The summed E-state index contributed by atoms with van der Waals surface area (Å²) in [5.41, 5.74) is 2.14. The first kappa shape index (κ1) is 9.34. The second-order valence-electron chi connectivity index (χ2n) is 3.68. The smallest absolute Gasteiger partial charge is 0.139 e. The number of aromatic hydroxyl groups is 1. The molecule has 3 nitrogen and oxygen atoms in total. The first-order chi connectivity index (χ1) is 6.79. The Morgan fingerprint density at radius 1 is 1.29 bits per heavy atom. The van der Waals surface area contributed by atoms with E-state index in [9.17, 15) is 5.11 Å². The summed E-state index contributed by atoms with van der Waals surface area (Å²) in [5, 5.41) is 13.1. The van der Waals surface area contributed by atoms with E-state index >= 15 is 0 Å². The van der Waals surface area contributed by atoms with E-state index in [1.54, 1.807) is 6.07 Å². The van der Waals surface area contributed by atoms with Gasteiger partial charge in [-0.15, -0.1) is 0 Å². The van der Waals surface area contributed by atoms with Crippen LogP contribution < -0.4 is 10.2 Å². The summed E-state index contributed by atoms with van der Waals surface area (Å²) in [4.78, 5) is 2.24. The molecule has 1 aromatic rings. The number of aryl methyl sites for hydroxylation is 1. The van der Waals surface area contributed by atoms with Crippen molar-refractivity contribution in [1.29, 1.82) is 0 Å². The van der Waals surface area contributed by atoms with Crippen LogP contribution in [-0.2, 0) is 0 Å². The third kappa shape index (κ3) is 1.68. The Kier molecular flexibility index (Phi) is 2.59. The highest BCUT2D eigenvalue weighted by Gasteiger charge is 2.15. The molecule has 0 spiro atoms. The normalized spacial score (nSPS) is 17.1. The number of hydrogen-bond acceptors (Lipinski definition) is 3. The van der Waals surface area contributed by atoms with E-state index in [1.807, 2.05) is 19.1 Å². The van der Waals surface area contributed by atoms with Crippen molar-refractivity contribution in [2.24, 2.45) is 0 Å². The van der Waals surface area contributed by atoms with Crippen LogP contribution in [0.4, 0.5) is 5.69 Å². The van der Waals surface area contributed by atoms with Crippen LogP contribution in [0.25, 0.3) is 0 Å². The van der Waals surface area contributed by atoms with Gasteiger partial charge in [0.1, 0.15) is 5.75 Å². The van der Waals surface area contributed by atoms with Crippen LogP contribution in [0.5, 0.6) is 5.75 Å². The molecule has 0 saturated carbocycles. The molecule has 14 heavy (non-hydrogen) atoms. The number of nitrogens with zero attached hydrogens (tertiary/aromatic N) is 1. The Morgan fingerprint density at radius 3 is 2.64 bits per heavy atom. The second kappa shape index (κ2) is 3.88. The highest BCUT2D eigenvalue weighted by molar-refractivity contribution is 5.63. The van der Waals surface area contributed by atoms with Crippen LogP contribution in [0.2, 0.25) is 0 Å². The molecule has 1 aromatic carbocycles. The summed E-state index contributed by atoms with van der Waals surface area (Å²) in [6.07, 6.45) is 0. The van der Waals surface area contributed by atoms with E-state index in [2.05, 4.69) is 10.2 Å². The maximum atomic E-state index is 9.78. The number of anilines is 1. The zero-order chi connectivity index (χ0) is 9.97. The van der Waals surface area contributed by atoms with Gasteiger partial charge in [-0.3, -0.25) is 0 Å². The van der Waals surface area contributed by atoms with Crippen LogP contribution in [0.15, 0.2) is 18.2 Å². The quantitative estimate of drug-likeness (QED) is 0.699. The molecule has 1 aliphatic rings. The van der Waals surface area contributed by atoms with Crippen LogP contribution in [0.1, 0.15) is 5.56 Å². The summed E-state index contributed by atoms with van der Waals surface area (Å²) in [5.74, 6) is 0.395. The maximum absolute atomic E-state index is 9.78. The van der Waals surface area contributed by atoms with Gasteiger partial charge in [0.25, 0.3) is 0 Å². The molecule has 3 heteroatoms. The van der Waals surface area contributed by atoms with Gasteiger partial charge >= 0.3 is 0 Å². The fourth-order valence-corrected chi connectivity index (χ4v) is 1.94. The van der Waals surface area contributed by atoms with Crippen molar-refractivity contribution in [3.63, 3.8) is 0 Å². The van der Waals surface area contributed by atoms with Crippen molar-refractivity contribution < 1.29 is 5.11 Å². The molecule has 0 unspecified atom stereocenters. The highest BCUT2D eigenvalue weighted by atomic mass is 16.3. The highest BCUT2D eigenvalue weighted by Crippen LogP contribution is 2.30. The molecule has 1 fully saturated rings. The van der Waals surface area contributed by atoms with Gasteiger partial charge in [0.2, 0.25) is 0 Å². The number of benzene rings is 1. The molecule has 0 aliphatic carbocycles. The number of phenolic OH excluding ortho intramolecular Hbond substituents is 1. The maximum Gasteiger partial charge on any atom is 0.139 e. The first-order valence-electron chi connectivity index (χ1n) is 5.03. The third-order valence-electron chi connectivity index (χ3n) is 2.65. The lowest BCUT2D eigenvalue weighted by molar-refractivity contribution is 0.470. The Morgan fingerprint density at radius 2 is 2.00 bits per heavy atom. The van der Waals surface area contributed by atoms with Gasteiger partial charge in [-0.2, -0.15) is 0 Å². The summed E-state index contributed by atoms with van der Waals surface area (Å²) in [6.45, 7) is 5.97. The van der Waals surface area contributed by atoms with Crippen molar-refractivity contribution in [1.82, 2.24) is 5.32 Å². The van der Waals surface area contributed by atoms with E-state index in [0.29, 0.717) is 5.75 Å².